The van der Waals surface area contributed by atoms with Gasteiger partial charge in [-0.2, -0.15) is 0 Å². The second-order valence-electron chi connectivity index (χ2n) is 4.47. The van der Waals surface area contributed by atoms with E-state index in [9.17, 15) is 4.79 Å². The molecule has 0 radical (unpaired) electrons. The maximum Gasteiger partial charge on any atom is 0.264 e. The Kier molecular flexibility index (Phi) is 3.11. The molecule has 0 unspecified atom stereocenters. The van der Waals surface area contributed by atoms with Gasteiger partial charge in [-0.15, -0.1) is 0 Å². The van der Waals surface area contributed by atoms with Crippen molar-refractivity contribution in [1.82, 2.24) is 9.78 Å². The average Bonchev–Trinajstić information content (AvgIpc) is 2.60. The molecule has 17 heavy (non-hydrogen) atoms. The SMILES string of the molecule is Cc1cc(Cl)ccc1-n1[nH]c(=O)cc1C(C)C. The van der Waals surface area contributed by atoms with Crippen molar-refractivity contribution >= 4 is 11.6 Å². The number of nitrogens with one attached hydrogen (secondary N) is 1. The van der Waals surface area contributed by atoms with Crippen molar-refractivity contribution in [2.24, 2.45) is 0 Å². The lowest BCUT2D eigenvalue weighted by Gasteiger charge is -2.13. The van der Waals surface area contributed by atoms with Gasteiger partial charge in [0.1, 0.15) is 0 Å². The second-order valence-corrected chi connectivity index (χ2v) is 4.90. The van der Waals surface area contributed by atoms with Gasteiger partial charge < -0.3 is 0 Å². The molecule has 0 aliphatic carbocycles. The van der Waals surface area contributed by atoms with Crippen molar-refractivity contribution < 1.29 is 0 Å². The van der Waals surface area contributed by atoms with Crippen LogP contribution in [0.2, 0.25) is 5.02 Å². The van der Waals surface area contributed by atoms with Crippen molar-refractivity contribution in [3.63, 3.8) is 0 Å². The van der Waals surface area contributed by atoms with Gasteiger partial charge in [0, 0.05) is 16.8 Å². The summed E-state index contributed by atoms with van der Waals surface area (Å²) < 4.78 is 1.83. The Bertz CT molecular complexity index is 596. The summed E-state index contributed by atoms with van der Waals surface area (Å²) in [4.78, 5) is 11.5. The van der Waals surface area contributed by atoms with Gasteiger partial charge in [-0.3, -0.25) is 14.6 Å². The first kappa shape index (κ1) is 12.0. The number of aromatic nitrogens is 2. The third-order valence-electron chi connectivity index (χ3n) is 2.75. The lowest BCUT2D eigenvalue weighted by atomic mass is 10.1. The minimum absolute atomic E-state index is 0.0805. The van der Waals surface area contributed by atoms with E-state index in [-0.39, 0.29) is 11.5 Å². The van der Waals surface area contributed by atoms with Crippen LogP contribution in [0.4, 0.5) is 0 Å². The van der Waals surface area contributed by atoms with Crippen molar-refractivity contribution in [1.29, 1.82) is 0 Å². The lowest BCUT2D eigenvalue weighted by Crippen LogP contribution is -2.07. The molecule has 3 nitrogen and oxygen atoms in total. The van der Waals surface area contributed by atoms with Crippen LogP contribution >= 0.6 is 11.6 Å². The highest BCUT2D eigenvalue weighted by molar-refractivity contribution is 6.30. The molecule has 1 aromatic heterocycles. The Morgan fingerprint density at radius 3 is 2.59 bits per heavy atom. The fourth-order valence-electron chi connectivity index (χ4n) is 1.90. The normalized spacial score (nSPS) is 11.1. The molecule has 0 aliphatic heterocycles. The topological polar surface area (TPSA) is 37.8 Å². The molecule has 0 bridgehead atoms. The first-order valence-corrected chi connectivity index (χ1v) is 5.95. The van der Waals surface area contributed by atoms with Crippen LogP contribution in [0.5, 0.6) is 0 Å². The summed E-state index contributed by atoms with van der Waals surface area (Å²) >= 11 is 5.93. The quantitative estimate of drug-likeness (QED) is 0.873. The van der Waals surface area contributed by atoms with E-state index >= 15 is 0 Å². The van der Waals surface area contributed by atoms with Gasteiger partial charge in [0.2, 0.25) is 0 Å². The lowest BCUT2D eigenvalue weighted by molar-refractivity contribution is 0.728. The summed E-state index contributed by atoms with van der Waals surface area (Å²) in [7, 11) is 0. The summed E-state index contributed by atoms with van der Waals surface area (Å²) in [6.07, 6.45) is 0. The first-order chi connectivity index (χ1) is 7.99. The van der Waals surface area contributed by atoms with Crippen LogP contribution in [0.1, 0.15) is 31.0 Å². The van der Waals surface area contributed by atoms with E-state index in [0.717, 1.165) is 16.9 Å². The number of aromatic amines is 1. The zero-order valence-corrected chi connectivity index (χ0v) is 10.9. The molecular weight excluding hydrogens is 236 g/mol. The van der Waals surface area contributed by atoms with E-state index < -0.39 is 0 Å². The van der Waals surface area contributed by atoms with Gasteiger partial charge in [0.05, 0.1) is 5.69 Å². The fraction of sp³-hybridized carbons (Fsp3) is 0.308. The van der Waals surface area contributed by atoms with Crippen LogP contribution in [0, 0.1) is 6.92 Å². The molecule has 2 aromatic rings. The Morgan fingerprint density at radius 1 is 1.29 bits per heavy atom. The summed E-state index contributed by atoms with van der Waals surface area (Å²) in [5.41, 5.74) is 2.88. The van der Waals surface area contributed by atoms with Crippen LogP contribution in [-0.4, -0.2) is 9.78 Å². The minimum atomic E-state index is -0.0805. The number of halogens is 1. The van der Waals surface area contributed by atoms with Crippen LogP contribution in [0.3, 0.4) is 0 Å². The number of hydrogen-bond donors (Lipinski definition) is 1. The van der Waals surface area contributed by atoms with E-state index in [1.807, 2.05) is 29.8 Å². The van der Waals surface area contributed by atoms with Crippen LogP contribution in [0.25, 0.3) is 5.69 Å². The Morgan fingerprint density at radius 2 is 2.00 bits per heavy atom. The van der Waals surface area contributed by atoms with Gasteiger partial charge in [-0.05, 0) is 36.6 Å². The minimum Gasteiger partial charge on any atom is -0.268 e. The number of H-pyrrole nitrogens is 1. The Hall–Kier alpha value is -1.48. The Labute approximate surface area is 105 Å². The van der Waals surface area contributed by atoms with Crippen molar-refractivity contribution in [2.75, 3.05) is 0 Å². The third-order valence-corrected chi connectivity index (χ3v) is 2.99. The van der Waals surface area contributed by atoms with E-state index in [1.54, 1.807) is 6.07 Å². The smallest absolute Gasteiger partial charge is 0.264 e. The maximum atomic E-state index is 11.5. The van der Waals surface area contributed by atoms with Crippen molar-refractivity contribution in [3.05, 3.63) is 50.9 Å². The zero-order chi connectivity index (χ0) is 12.6. The van der Waals surface area contributed by atoms with E-state index in [4.69, 9.17) is 11.6 Å². The van der Waals surface area contributed by atoms with Crippen molar-refractivity contribution in [2.45, 2.75) is 26.7 Å². The van der Waals surface area contributed by atoms with Crippen LogP contribution < -0.4 is 5.56 Å². The monoisotopic (exact) mass is 250 g/mol. The number of rotatable bonds is 2. The Balaban J connectivity index is 2.64. The fourth-order valence-corrected chi connectivity index (χ4v) is 2.13. The molecule has 0 atom stereocenters. The van der Waals surface area contributed by atoms with E-state index in [0.29, 0.717) is 5.02 Å². The molecule has 4 heteroatoms. The molecule has 0 fully saturated rings. The van der Waals surface area contributed by atoms with Crippen molar-refractivity contribution in [3.8, 4) is 5.69 Å². The molecule has 2 rings (SSSR count). The maximum absolute atomic E-state index is 11.5. The molecule has 0 saturated heterocycles. The van der Waals surface area contributed by atoms with Gasteiger partial charge in [-0.1, -0.05) is 25.4 Å². The first-order valence-electron chi connectivity index (χ1n) is 5.57. The average molecular weight is 251 g/mol. The van der Waals surface area contributed by atoms with Gasteiger partial charge in [0.25, 0.3) is 5.56 Å². The summed E-state index contributed by atoms with van der Waals surface area (Å²) in [6.45, 7) is 6.10. The number of hydrogen-bond acceptors (Lipinski definition) is 1. The summed E-state index contributed by atoms with van der Waals surface area (Å²) in [6, 6.07) is 7.27. The number of nitrogens with zero attached hydrogens (tertiary/aromatic N) is 1. The van der Waals surface area contributed by atoms with Gasteiger partial charge in [-0.25, -0.2) is 0 Å². The summed E-state index contributed by atoms with van der Waals surface area (Å²) in [5.74, 6) is 0.282. The predicted molar refractivity (Wildman–Crippen MR) is 70.2 cm³/mol. The van der Waals surface area contributed by atoms with Gasteiger partial charge in [0.15, 0.2) is 0 Å². The van der Waals surface area contributed by atoms with E-state index in [2.05, 4.69) is 18.9 Å². The predicted octanol–water partition coefficient (Wildman–Crippen LogP) is 3.25. The molecule has 1 N–H and O–H groups in total. The molecule has 1 heterocycles. The second kappa shape index (κ2) is 4.41. The molecule has 1 aromatic carbocycles. The van der Waals surface area contributed by atoms with Crippen LogP contribution in [0.15, 0.2) is 29.1 Å². The molecule has 0 spiro atoms. The van der Waals surface area contributed by atoms with Crippen LogP contribution in [-0.2, 0) is 0 Å². The highest BCUT2D eigenvalue weighted by Gasteiger charge is 2.11. The highest BCUT2D eigenvalue weighted by Crippen LogP contribution is 2.22. The molecule has 0 saturated carbocycles. The van der Waals surface area contributed by atoms with E-state index in [1.165, 1.54) is 0 Å². The standard InChI is InChI=1S/C13H15ClN2O/c1-8(2)12-7-13(17)15-16(12)11-5-4-10(14)6-9(11)3/h4-8H,1-3H3,(H,15,17). The number of aryl methyl sites for hydroxylation is 1. The molecule has 0 amide bonds. The molecular formula is C13H15ClN2O. The third kappa shape index (κ3) is 2.29. The highest BCUT2D eigenvalue weighted by atomic mass is 35.5. The summed E-state index contributed by atoms with van der Waals surface area (Å²) in [5, 5.41) is 3.52. The zero-order valence-electron chi connectivity index (χ0n) is 10.1. The molecule has 0 aliphatic rings. The molecule has 90 valence electrons. The van der Waals surface area contributed by atoms with Gasteiger partial charge >= 0.3 is 0 Å². The number of benzene rings is 1. The largest absolute Gasteiger partial charge is 0.268 e.